The average Bonchev–Trinajstić information content (AvgIpc) is 3.53. The third-order valence-electron chi connectivity index (χ3n) is 8.90. The van der Waals surface area contributed by atoms with Gasteiger partial charge in [0.15, 0.2) is 0 Å². The highest BCUT2D eigenvalue weighted by molar-refractivity contribution is 5.38. The van der Waals surface area contributed by atoms with Crippen LogP contribution in [0.15, 0.2) is 47.6 Å². The van der Waals surface area contributed by atoms with Crippen molar-refractivity contribution in [2.24, 2.45) is 29.1 Å². The molecule has 4 aliphatic carbocycles. The van der Waals surface area contributed by atoms with E-state index in [0.717, 1.165) is 23.0 Å². The molecule has 0 aromatic rings. The van der Waals surface area contributed by atoms with E-state index in [2.05, 4.69) is 58.6 Å². The van der Waals surface area contributed by atoms with E-state index in [1.54, 1.807) is 5.57 Å². The minimum atomic E-state index is -0.613. The molecule has 184 valence electrons. The van der Waals surface area contributed by atoms with E-state index in [4.69, 9.17) is 4.74 Å². The first-order chi connectivity index (χ1) is 15.7. The lowest BCUT2D eigenvalue weighted by Gasteiger charge is -2.38. The summed E-state index contributed by atoms with van der Waals surface area (Å²) in [5.41, 5.74) is 3.76. The second kappa shape index (κ2) is 10.2. The monoisotopic (exact) mass is 454 g/mol. The Morgan fingerprint density at radius 1 is 1.06 bits per heavy atom. The molecule has 0 amide bonds. The summed E-state index contributed by atoms with van der Waals surface area (Å²) in [5.74, 6) is 2.67. The predicted octanol–water partition coefficient (Wildman–Crippen LogP) is 6.52. The normalized spacial score (nSPS) is 39.5. The minimum absolute atomic E-state index is 0.285. The van der Waals surface area contributed by atoms with Gasteiger partial charge < -0.3 is 14.9 Å². The summed E-state index contributed by atoms with van der Waals surface area (Å²) in [4.78, 5) is 0. The number of fused-ring (bicyclic) bond motifs is 1. The van der Waals surface area contributed by atoms with Gasteiger partial charge in [0, 0.05) is 6.42 Å². The topological polar surface area (TPSA) is 49.7 Å². The van der Waals surface area contributed by atoms with Gasteiger partial charge in [-0.05, 0) is 105 Å². The highest BCUT2D eigenvalue weighted by atomic mass is 16.5. The van der Waals surface area contributed by atoms with Crippen LogP contribution in [0.2, 0.25) is 0 Å². The highest BCUT2D eigenvalue weighted by Gasteiger charge is 2.47. The van der Waals surface area contributed by atoms with Crippen molar-refractivity contribution >= 4 is 0 Å². The van der Waals surface area contributed by atoms with Crippen molar-refractivity contribution < 1.29 is 14.9 Å². The lowest BCUT2D eigenvalue weighted by molar-refractivity contribution is 0.0233. The van der Waals surface area contributed by atoms with Gasteiger partial charge in [0.1, 0.15) is 0 Å². The molecule has 0 heterocycles. The van der Waals surface area contributed by atoms with Gasteiger partial charge >= 0.3 is 0 Å². The third kappa shape index (κ3) is 5.92. The highest BCUT2D eigenvalue weighted by Crippen LogP contribution is 2.58. The van der Waals surface area contributed by atoms with Crippen molar-refractivity contribution in [1.82, 2.24) is 0 Å². The lowest BCUT2D eigenvalue weighted by Crippen LogP contribution is -2.28. The number of hydrogen-bond donors (Lipinski definition) is 2. The van der Waals surface area contributed by atoms with Crippen LogP contribution in [0.4, 0.5) is 0 Å². The van der Waals surface area contributed by atoms with Crippen molar-refractivity contribution in [2.45, 2.75) is 110 Å². The molecule has 3 heteroatoms. The molecule has 0 bridgehead atoms. The van der Waals surface area contributed by atoms with E-state index >= 15 is 0 Å². The fraction of sp³-hybridized carbons (Fsp3) is 0.733. The number of ether oxygens (including phenoxy) is 1. The Balaban J connectivity index is 1.45. The van der Waals surface area contributed by atoms with Gasteiger partial charge in [-0.2, -0.15) is 0 Å². The van der Waals surface area contributed by atoms with Crippen LogP contribution in [0.5, 0.6) is 0 Å². The minimum Gasteiger partial charge on any atom is -0.393 e. The Morgan fingerprint density at radius 3 is 2.52 bits per heavy atom. The van der Waals surface area contributed by atoms with Crippen LogP contribution in [0.1, 0.15) is 85.5 Å². The molecule has 0 radical (unpaired) electrons. The Bertz CT molecular complexity index is 801. The Labute approximate surface area is 201 Å². The first kappa shape index (κ1) is 24.9. The Morgan fingerprint density at radius 2 is 1.82 bits per heavy atom. The van der Waals surface area contributed by atoms with E-state index in [1.807, 2.05) is 0 Å². The van der Waals surface area contributed by atoms with Crippen molar-refractivity contribution in [3.63, 3.8) is 0 Å². The number of aliphatic hydroxyl groups excluding tert-OH is 2. The number of hydrogen-bond acceptors (Lipinski definition) is 3. The summed E-state index contributed by atoms with van der Waals surface area (Å²) >= 11 is 0. The van der Waals surface area contributed by atoms with Crippen LogP contribution < -0.4 is 0 Å². The van der Waals surface area contributed by atoms with E-state index < -0.39 is 12.2 Å². The molecule has 33 heavy (non-hydrogen) atoms. The summed E-state index contributed by atoms with van der Waals surface area (Å²) in [7, 11) is 0. The number of aliphatic hydroxyl groups is 2. The molecule has 7 atom stereocenters. The van der Waals surface area contributed by atoms with Gasteiger partial charge in [0.25, 0.3) is 0 Å². The summed E-state index contributed by atoms with van der Waals surface area (Å²) in [6, 6.07) is 0. The largest absolute Gasteiger partial charge is 0.393 e. The maximum atomic E-state index is 10.2. The van der Waals surface area contributed by atoms with Gasteiger partial charge in [0.2, 0.25) is 0 Å². The lowest BCUT2D eigenvalue weighted by atomic mass is 9.67. The van der Waals surface area contributed by atoms with Crippen LogP contribution >= 0.6 is 0 Å². The third-order valence-corrected chi connectivity index (χ3v) is 8.90. The molecule has 2 N–H and O–H groups in total. The van der Waals surface area contributed by atoms with E-state index in [9.17, 15) is 10.2 Å². The number of rotatable bonds is 7. The molecule has 4 rings (SSSR count). The standard InChI is InChI=1S/C30H46O3/c1-19(2)33-29(23-10-11-23)13-8-20(3)25-16-27-22(7-6-14-30(27,5)18-25)9-12-24-15-26(31)17-28(32)21(24)4/h8-9,12-13,19-20,23,25-29,31-32H,4,6-7,10-11,14-18H2,1-3,5H3/b13-8+,22-9+,24-12-/t20-,25+,26+,27+,28-,29+,30+/m0/s1. The summed E-state index contributed by atoms with van der Waals surface area (Å²) in [6.45, 7) is 13.3. The quantitative estimate of drug-likeness (QED) is 0.430. The SMILES string of the molecule is C=C1/C(=C\C=C2/CCC[C@]3(C)C[C@H]([C@@H](C)/C=C/[C@@H](OC(C)C)C4CC4)C[C@H]23)C[C@@H](O)C[C@@H]1O. The first-order valence-electron chi connectivity index (χ1n) is 13.4. The van der Waals surface area contributed by atoms with Crippen molar-refractivity contribution in [1.29, 1.82) is 0 Å². The molecule has 4 aliphatic rings. The second-order valence-corrected chi connectivity index (χ2v) is 12.1. The van der Waals surface area contributed by atoms with Crippen molar-refractivity contribution in [3.8, 4) is 0 Å². The van der Waals surface area contributed by atoms with Crippen molar-refractivity contribution in [2.75, 3.05) is 0 Å². The molecule has 0 aromatic heterocycles. The zero-order valence-corrected chi connectivity index (χ0v) is 21.3. The molecular weight excluding hydrogens is 408 g/mol. The average molecular weight is 455 g/mol. The Kier molecular flexibility index (Phi) is 7.73. The fourth-order valence-corrected chi connectivity index (χ4v) is 6.72. The maximum Gasteiger partial charge on any atom is 0.0811 e. The van der Waals surface area contributed by atoms with Crippen LogP contribution in [-0.4, -0.2) is 34.6 Å². The van der Waals surface area contributed by atoms with Crippen LogP contribution in [0.25, 0.3) is 0 Å². The van der Waals surface area contributed by atoms with Crippen molar-refractivity contribution in [3.05, 3.63) is 47.6 Å². The molecule has 0 aliphatic heterocycles. The maximum absolute atomic E-state index is 10.2. The van der Waals surface area contributed by atoms with Crippen LogP contribution in [-0.2, 0) is 4.74 Å². The zero-order chi connectivity index (χ0) is 23.8. The fourth-order valence-electron chi connectivity index (χ4n) is 6.72. The van der Waals surface area contributed by atoms with E-state index in [0.29, 0.717) is 36.2 Å². The summed E-state index contributed by atoms with van der Waals surface area (Å²) < 4.78 is 6.19. The van der Waals surface area contributed by atoms with Crippen LogP contribution in [0, 0.1) is 29.1 Å². The molecule has 0 saturated heterocycles. The summed E-state index contributed by atoms with van der Waals surface area (Å²) in [6.07, 6.45) is 18.8. The molecule has 0 unspecified atom stereocenters. The predicted molar refractivity (Wildman–Crippen MR) is 136 cm³/mol. The number of allylic oxidation sites excluding steroid dienone is 4. The van der Waals surface area contributed by atoms with Gasteiger partial charge in [-0.1, -0.05) is 50.3 Å². The molecule has 4 saturated carbocycles. The van der Waals surface area contributed by atoms with Gasteiger partial charge in [0.05, 0.1) is 24.4 Å². The van der Waals surface area contributed by atoms with Gasteiger partial charge in [-0.3, -0.25) is 0 Å². The van der Waals surface area contributed by atoms with Crippen LogP contribution in [0.3, 0.4) is 0 Å². The Hall–Kier alpha value is -1.16. The second-order valence-electron chi connectivity index (χ2n) is 12.1. The molecule has 0 spiro atoms. The molecular formula is C30H46O3. The summed E-state index contributed by atoms with van der Waals surface area (Å²) in [5, 5.41) is 20.3. The van der Waals surface area contributed by atoms with E-state index in [-0.39, 0.29) is 6.10 Å². The van der Waals surface area contributed by atoms with Gasteiger partial charge in [-0.15, -0.1) is 0 Å². The zero-order valence-electron chi connectivity index (χ0n) is 21.3. The smallest absolute Gasteiger partial charge is 0.0811 e. The molecule has 0 aromatic carbocycles. The first-order valence-corrected chi connectivity index (χ1v) is 13.4. The van der Waals surface area contributed by atoms with E-state index in [1.165, 1.54) is 44.9 Å². The molecule has 3 nitrogen and oxygen atoms in total. The van der Waals surface area contributed by atoms with Gasteiger partial charge in [-0.25, -0.2) is 0 Å². The molecule has 4 fully saturated rings.